The van der Waals surface area contributed by atoms with Gasteiger partial charge in [-0.3, -0.25) is 14.9 Å². The zero-order valence-electron chi connectivity index (χ0n) is 26.1. The molecule has 9 nitrogen and oxygen atoms in total. The van der Waals surface area contributed by atoms with Crippen molar-refractivity contribution in [1.29, 1.82) is 0 Å². The second-order valence-corrected chi connectivity index (χ2v) is 16.0. The predicted octanol–water partition coefficient (Wildman–Crippen LogP) is 3.18. The Hall–Kier alpha value is -0.780. The zero-order valence-corrected chi connectivity index (χ0v) is 27.6. The molecule has 0 aromatic carbocycles. The Morgan fingerprint density at radius 1 is 0.953 bits per heavy atom. The van der Waals surface area contributed by atoms with Crippen molar-refractivity contribution in [3.8, 4) is 0 Å². The van der Waals surface area contributed by atoms with Crippen molar-refractivity contribution in [2.24, 2.45) is 35.5 Å². The molecule has 0 aromatic rings. The van der Waals surface area contributed by atoms with E-state index in [1.165, 1.54) is 0 Å². The summed E-state index contributed by atoms with van der Waals surface area (Å²) in [7, 11) is 0. The predicted molar refractivity (Wildman–Crippen MR) is 169 cm³/mol. The summed E-state index contributed by atoms with van der Waals surface area (Å²) < 4.78 is 12.0. The van der Waals surface area contributed by atoms with Gasteiger partial charge in [0.2, 0.25) is 11.8 Å². The number of aliphatic hydroxyl groups excluding tert-OH is 1. The molecule has 43 heavy (non-hydrogen) atoms. The first-order chi connectivity index (χ1) is 20.8. The highest BCUT2D eigenvalue weighted by Crippen LogP contribution is 2.41. The number of nitrogens with one attached hydrogen (secondary N) is 3. The number of likely N-dealkylation sites (tertiary alicyclic amines) is 1. The van der Waals surface area contributed by atoms with Gasteiger partial charge in [0.25, 0.3) is 0 Å². The number of carbonyl (C=O) groups is 2. The molecule has 6 fully saturated rings. The van der Waals surface area contributed by atoms with Gasteiger partial charge in [-0.05, 0) is 114 Å². The molecular weight excluding hydrogens is 612 g/mol. The Bertz CT molecular complexity index is 950. The number of rotatable bonds is 8. The van der Waals surface area contributed by atoms with E-state index in [0.29, 0.717) is 66.4 Å². The summed E-state index contributed by atoms with van der Waals surface area (Å²) in [4.78, 5) is 29.1. The number of alkyl halides is 1. The summed E-state index contributed by atoms with van der Waals surface area (Å²) in [6, 6.07) is 0.370. The molecule has 3 heterocycles. The van der Waals surface area contributed by atoms with Crippen molar-refractivity contribution >= 4 is 27.7 Å². The van der Waals surface area contributed by atoms with Gasteiger partial charge in [0.05, 0.1) is 31.6 Å². The van der Waals surface area contributed by atoms with Gasteiger partial charge in [0.1, 0.15) is 0 Å². The lowest BCUT2D eigenvalue weighted by Gasteiger charge is -2.44. The molecule has 0 bridgehead atoms. The van der Waals surface area contributed by atoms with E-state index in [4.69, 9.17) is 9.47 Å². The van der Waals surface area contributed by atoms with Crippen molar-refractivity contribution in [3.63, 3.8) is 0 Å². The summed E-state index contributed by atoms with van der Waals surface area (Å²) in [5.74, 6) is 2.94. The van der Waals surface area contributed by atoms with E-state index in [2.05, 4.69) is 43.7 Å². The van der Waals surface area contributed by atoms with Gasteiger partial charge < -0.3 is 30.1 Å². The lowest BCUT2D eigenvalue weighted by Crippen LogP contribution is -2.54. The molecule has 6 rings (SSSR count). The van der Waals surface area contributed by atoms with Crippen LogP contribution in [0.4, 0.5) is 0 Å². The van der Waals surface area contributed by atoms with Crippen LogP contribution in [0.25, 0.3) is 0 Å². The minimum Gasteiger partial charge on any atom is -0.390 e. The Morgan fingerprint density at radius 2 is 1.72 bits per heavy atom. The van der Waals surface area contributed by atoms with Gasteiger partial charge in [-0.15, -0.1) is 0 Å². The summed E-state index contributed by atoms with van der Waals surface area (Å²) >= 11 is 3.71. The summed E-state index contributed by atoms with van der Waals surface area (Å²) in [6.45, 7) is 6.35. The number of carbonyl (C=O) groups excluding carboxylic acids is 2. The smallest absolute Gasteiger partial charge is 0.225 e. The molecule has 244 valence electrons. The summed E-state index contributed by atoms with van der Waals surface area (Å²) in [6.07, 6.45) is 12.2. The Balaban J connectivity index is 0.882. The molecule has 3 aliphatic carbocycles. The average Bonchev–Trinajstić information content (AvgIpc) is 3.45. The van der Waals surface area contributed by atoms with Crippen LogP contribution in [0.2, 0.25) is 0 Å². The number of hydrogen-bond donors (Lipinski definition) is 4. The maximum atomic E-state index is 13.2. The summed E-state index contributed by atoms with van der Waals surface area (Å²) in [5, 5.41) is 21.0. The lowest BCUT2D eigenvalue weighted by atomic mass is 9.70. The van der Waals surface area contributed by atoms with E-state index in [1.54, 1.807) is 0 Å². The number of amides is 2. The van der Waals surface area contributed by atoms with Gasteiger partial charge in [-0.25, -0.2) is 0 Å². The molecule has 0 aromatic heterocycles. The molecule has 3 aliphatic heterocycles. The molecule has 8 unspecified atom stereocenters. The van der Waals surface area contributed by atoms with Crippen LogP contribution in [0.15, 0.2) is 0 Å². The van der Waals surface area contributed by atoms with E-state index in [-0.39, 0.29) is 29.9 Å². The molecule has 2 amide bonds. The van der Waals surface area contributed by atoms with Crippen LogP contribution in [0.5, 0.6) is 0 Å². The molecule has 0 spiro atoms. The number of nitrogens with zero attached hydrogens (tertiary/aromatic N) is 1. The van der Waals surface area contributed by atoms with Crippen molar-refractivity contribution in [2.45, 2.75) is 119 Å². The largest absolute Gasteiger partial charge is 0.390 e. The van der Waals surface area contributed by atoms with E-state index in [1.807, 2.05) is 0 Å². The third-order valence-electron chi connectivity index (χ3n) is 12.1. The topological polar surface area (TPSA) is 112 Å². The minimum atomic E-state index is -0.572. The van der Waals surface area contributed by atoms with E-state index in [0.717, 1.165) is 96.7 Å². The van der Waals surface area contributed by atoms with Crippen LogP contribution in [-0.4, -0.2) is 96.6 Å². The zero-order chi connectivity index (χ0) is 29.9. The van der Waals surface area contributed by atoms with Gasteiger partial charge in [-0.2, -0.15) is 0 Å². The number of halogens is 1. The van der Waals surface area contributed by atoms with Crippen LogP contribution in [0.1, 0.15) is 84.0 Å². The van der Waals surface area contributed by atoms with Gasteiger partial charge in [0.15, 0.2) is 0 Å². The van der Waals surface area contributed by atoms with Crippen LogP contribution in [-0.2, 0) is 19.1 Å². The quantitative estimate of drug-likeness (QED) is 0.295. The van der Waals surface area contributed by atoms with Gasteiger partial charge in [-0.1, -0.05) is 15.9 Å². The van der Waals surface area contributed by atoms with E-state index >= 15 is 0 Å². The fourth-order valence-corrected chi connectivity index (χ4v) is 9.62. The van der Waals surface area contributed by atoms with Crippen LogP contribution < -0.4 is 16.0 Å². The van der Waals surface area contributed by atoms with Crippen molar-refractivity contribution in [1.82, 2.24) is 20.9 Å². The number of hydrogen-bond acceptors (Lipinski definition) is 7. The van der Waals surface area contributed by atoms with E-state index < -0.39 is 6.10 Å². The Kier molecular flexibility index (Phi) is 11.0. The first-order valence-corrected chi connectivity index (χ1v) is 18.3. The Morgan fingerprint density at radius 3 is 2.51 bits per heavy atom. The van der Waals surface area contributed by atoms with Crippen LogP contribution in [0.3, 0.4) is 0 Å². The highest BCUT2D eigenvalue weighted by atomic mass is 79.9. The van der Waals surface area contributed by atoms with Gasteiger partial charge in [0, 0.05) is 48.4 Å². The van der Waals surface area contributed by atoms with Crippen LogP contribution >= 0.6 is 15.9 Å². The number of ether oxygens (including phenoxy) is 2. The third-order valence-corrected chi connectivity index (χ3v) is 13.0. The molecule has 6 aliphatic rings. The van der Waals surface area contributed by atoms with Crippen LogP contribution in [0, 0.1) is 35.5 Å². The lowest BCUT2D eigenvalue weighted by molar-refractivity contribution is -0.141. The monoisotopic (exact) mass is 666 g/mol. The average molecular weight is 668 g/mol. The number of piperidine rings is 2. The number of fused-ring (bicyclic) bond motifs is 2. The molecule has 4 N–H and O–H groups in total. The fourth-order valence-electron chi connectivity index (χ4n) is 9.09. The standard InChI is InChI=1S/C33H55BrN4O5/c1-20-31(43-19-37-20)18-42-28-9-6-22-14-29(35-15-26(22)13-28)30(39)16-36-32(40)24-2-3-25-17-38(11-10-23(25)12-24)33(41)21-4-7-27(34)8-5-21/h20-31,35,37,39H,2-19H2,1H3,(H,36,40)/t20?,21?,22?,23?,24?,25?,26?,27?,28?,29-,30+,31?/m0/s1. The maximum absolute atomic E-state index is 13.2. The number of aliphatic hydroxyl groups is 1. The van der Waals surface area contributed by atoms with Crippen molar-refractivity contribution in [3.05, 3.63) is 0 Å². The normalized spacial score (nSPS) is 42.5. The summed E-state index contributed by atoms with van der Waals surface area (Å²) in [5.41, 5.74) is 0. The fraction of sp³-hybridized carbons (Fsp3) is 0.939. The SMILES string of the molecule is CC1NCOC1COC1CCC2C[C@@H]([C@H](O)CNC(=O)C3CCC4CN(C(=O)C5CCC(Br)CC5)CCC4C3)NCC2C1. The molecular formula is C33H55BrN4O5. The second kappa shape index (κ2) is 14.8. The van der Waals surface area contributed by atoms with Crippen molar-refractivity contribution < 1.29 is 24.2 Å². The highest BCUT2D eigenvalue weighted by Gasteiger charge is 2.41. The second-order valence-electron chi connectivity index (χ2n) is 14.7. The third kappa shape index (κ3) is 7.97. The first-order valence-electron chi connectivity index (χ1n) is 17.4. The molecule has 3 saturated heterocycles. The Labute approximate surface area is 266 Å². The first kappa shape index (κ1) is 32.2. The minimum absolute atomic E-state index is 0.0253. The van der Waals surface area contributed by atoms with E-state index in [9.17, 15) is 14.7 Å². The molecule has 10 atom stereocenters. The molecule has 0 radical (unpaired) electrons. The van der Waals surface area contributed by atoms with Crippen molar-refractivity contribution in [2.75, 3.05) is 39.5 Å². The molecule has 10 heteroatoms. The molecule has 3 saturated carbocycles. The maximum Gasteiger partial charge on any atom is 0.225 e. The highest BCUT2D eigenvalue weighted by molar-refractivity contribution is 9.09. The van der Waals surface area contributed by atoms with Gasteiger partial charge >= 0.3 is 0 Å².